The lowest BCUT2D eigenvalue weighted by Gasteiger charge is -2.18. The number of H-pyrrole nitrogens is 1. The quantitative estimate of drug-likeness (QED) is 0.727. The molecule has 3 rings (SSSR count). The van der Waals surface area contributed by atoms with Gasteiger partial charge in [0.05, 0.1) is 16.9 Å². The largest absolute Gasteiger partial charge is 0.381 e. The number of hydrogen-bond donors (Lipinski definition) is 2. The van der Waals surface area contributed by atoms with Gasteiger partial charge in [0.25, 0.3) is 0 Å². The summed E-state index contributed by atoms with van der Waals surface area (Å²) < 4.78 is 0. The molecule has 0 saturated carbocycles. The van der Waals surface area contributed by atoms with Crippen molar-refractivity contribution in [3.63, 3.8) is 0 Å². The minimum absolute atomic E-state index is 0.0630. The van der Waals surface area contributed by atoms with Crippen LogP contribution in [0.5, 0.6) is 0 Å². The van der Waals surface area contributed by atoms with Crippen LogP contribution < -0.4 is 5.32 Å². The Morgan fingerprint density at radius 1 is 1.26 bits per heavy atom. The second kappa shape index (κ2) is 6.16. The fourth-order valence-corrected chi connectivity index (χ4v) is 3.20. The first-order valence-corrected chi connectivity index (χ1v) is 8.60. The van der Waals surface area contributed by atoms with Crippen molar-refractivity contribution in [2.24, 2.45) is 0 Å². The third-order valence-corrected chi connectivity index (χ3v) is 4.50. The lowest BCUT2D eigenvalue weighted by Crippen LogP contribution is -2.15. The van der Waals surface area contributed by atoms with E-state index in [1.807, 2.05) is 13.1 Å². The maximum absolute atomic E-state index is 4.55. The summed E-state index contributed by atoms with van der Waals surface area (Å²) in [6, 6.07) is 8.38. The first-order valence-electron chi connectivity index (χ1n) is 7.72. The van der Waals surface area contributed by atoms with E-state index in [-0.39, 0.29) is 5.41 Å². The van der Waals surface area contributed by atoms with Gasteiger partial charge < -0.3 is 5.32 Å². The van der Waals surface area contributed by atoms with Crippen molar-refractivity contribution in [2.45, 2.75) is 39.7 Å². The van der Waals surface area contributed by atoms with Gasteiger partial charge in [-0.25, -0.2) is 4.98 Å². The van der Waals surface area contributed by atoms with Gasteiger partial charge >= 0.3 is 0 Å². The molecule has 0 amide bonds. The summed E-state index contributed by atoms with van der Waals surface area (Å²) in [5.74, 6) is 0. The summed E-state index contributed by atoms with van der Waals surface area (Å²) in [5, 5.41) is 14.0. The number of nitrogens with zero attached hydrogens (tertiary/aromatic N) is 2. The van der Waals surface area contributed by atoms with Crippen LogP contribution in [-0.2, 0) is 12.0 Å². The van der Waals surface area contributed by atoms with E-state index in [1.165, 1.54) is 11.3 Å². The third-order valence-electron chi connectivity index (χ3n) is 3.73. The third kappa shape index (κ3) is 3.62. The fraction of sp³-hybridized carbons (Fsp3) is 0.333. The molecule has 0 spiro atoms. The highest BCUT2D eigenvalue weighted by Crippen LogP contribution is 2.26. The zero-order valence-electron chi connectivity index (χ0n) is 14.0. The topological polar surface area (TPSA) is 53.6 Å². The molecule has 2 aromatic heterocycles. The van der Waals surface area contributed by atoms with Gasteiger partial charge in [0.15, 0.2) is 0 Å². The highest BCUT2D eigenvalue weighted by Gasteiger charge is 2.19. The number of aryl methyl sites for hydroxylation is 1. The van der Waals surface area contributed by atoms with Gasteiger partial charge in [-0.15, -0.1) is 11.3 Å². The maximum Gasteiger partial charge on any atom is 0.0901 e. The van der Waals surface area contributed by atoms with Crippen LogP contribution in [0.3, 0.4) is 0 Å². The smallest absolute Gasteiger partial charge is 0.0901 e. The van der Waals surface area contributed by atoms with Gasteiger partial charge in [-0.1, -0.05) is 32.9 Å². The van der Waals surface area contributed by atoms with E-state index in [2.05, 4.69) is 70.9 Å². The Labute approximate surface area is 141 Å². The molecule has 0 unspecified atom stereocenters. The summed E-state index contributed by atoms with van der Waals surface area (Å²) in [7, 11) is 0. The van der Waals surface area contributed by atoms with Crippen molar-refractivity contribution >= 4 is 17.0 Å². The standard InChI is InChI=1S/C18H22N4S/c1-12-21-16(11-23-12)13-6-5-7-15(8-13)19-9-14-10-20-22-17(14)18(2,3)4/h5-8,10-11,19H,9H2,1-4H3,(H,20,22). The zero-order valence-corrected chi connectivity index (χ0v) is 14.8. The SMILES string of the molecule is Cc1nc(-c2cccc(NCc3cn[nH]c3C(C)(C)C)c2)cs1. The highest BCUT2D eigenvalue weighted by atomic mass is 32.1. The summed E-state index contributed by atoms with van der Waals surface area (Å²) >= 11 is 1.68. The molecular formula is C18H22N4S. The van der Waals surface area contributed by atoms with Crippen molar-refractivity contribution in [2.75, 3.05) is 5.32 Å². The van der Waals surface area contributed by atoms with Crippen molar-refractivity contribution in [1.82, 2.24) is 15.2 Å². The highest BCUT2D eigenvalue weighted by molar-refractivity contribution is 7.09. The fourth-order valence-electron chi connectivity index (χ4n) is 2.58. The molecule has 4 nitrogen and oxygen atoms in total. The van der Waals surface area contributed by atoms with E-state index in [0.29, 0.717) is 0 Å². The van der Waals surface area contributed by atoms with E-state index >= 15 is 0 Å². The molecule has 2 N–H and O–H groups in total. The number of aromatic nitrogens is 3. The molecule has 1 aromatic carbocycles. The lowest BCUT2D eigenvalue weighted by atomic mass is 9.89. The Morgan fingerprint density at radius 2 is 2.09 bits per heavy atom. The number of rotatable bonds is 4. The van der Waals surface area contributed by atoms with Crippen LogP contribution >= 0.6 is 11.3 Å². The normalized spacial score (nSPS) is 11.7. The Kier molecular flexibility index (Phi) is 4.22. The van der Waals surface area contributed by atoms with Crippen LogP contribution in [0.2, 0.25) is 0 Å². The van der Waals surface area contributed by atoms with Crippen LogP contribution in [-0.4, -0.2) is 15.2 Å². The van der Waals surface area contributed by atoms with Crippen LogP contribution in [0.1, 0.15) is 37.0 Å². The first-order chi connectivity index (χ1) is 10.9. The van der Waals surface area contributed by atoms with Crippen LogP contribution in [0.4, 0.5) is 5.69 Å². The number of benzene rings is 1. The zero-order chi connectivity index (χ0) is 16.4. The summed E-state index contributed by atoms with van der Waals surface area (Å²) in [6.45, 7) is 9.35. The predicted octanol–water partition coefficient (Wildman–Crippen LogP) is 4.75. The molecule has 23 heavy (non-hydrogen) atoms. The Hall–Kier alpha value is -2.14. The Balaban J connectivity index is 1.76. The monoisotopic (exact) mass is 326 g/mol. The number of thiazole rings is 1. The molecule has 0 atom stereocenters. The average Bonchev–Trinajstić information content (AvgIpc) is 3.13. The van der Waals surface area contributed by atoms with Gasteiger partial charge in [-0.3, -0.25) is 5.10 Å². The molecule has 3 aromatic rings. The van der Waals surface area contributed by atoms with Gasteiger partial charge in [-0.2, -0.15) is 5.10 Å². The lowest BCUT2D eigenvalue weighted by molar-refractivity contribution is 0.561. The molecule has 2 heterocycles. The van der Waals surface area contributed by atoms with Crippen LogP contribution in [0, 0.1) is 6.92 Å². The second-order valence-electron chi connectivity index (χ2n) is 6.71. The molecule has 5 heteroatoms. The molecule has 0 aliphatic rings. The van der Waals surface area contributed by atoms with E-state index in [1.54, 1.807) is 11.3 Å². The number of hydrogen-bond acceptors (Lipinski definition) is 4. The molecule has 0 bridgehead atoms. The van der Waals surface area contributed by atoms with Gasteiger partial charge in [-0.05, 0) is 19.1 Å². The first kappa shape index (κ1) is 15.7. The molecule has 0 aliphatic carbocycles. The van der Waals surface area contributed by atoms with Gasteiger partial charge in [0.2, 0.25) is 0 Å². The predicted molar refractivity (Wildman–Crippen MR) is 96.9 cm³/mol. The van der Waals surface area contributed by atoms with Crippen LogP contribution in [0.15, 0.2) is 35.8 Å². The van der Waals surface area contributed by atoms with E-state index < -0.39 is 0 Å². The van der Waals surface area contributed by atoms with Gasteiger partial charge in [0.1, 0.15) is 0 Å². The number of nitrogens with one attached hydrogen (secondary N) is 2. The van der Waals surface area contributed by atoms with Crippen molar-refractivity contribution in [3.8, 4) is 11.3 Å². The molecule has 0 fully saturated rings. The Bertz CT molecular complexity index is 795. The molecular weight excluding hydrogens is 304 g/mol. The van der Waals surface area contributed by atoms with Gasteiger partial charge in [0, 0.05) is 39.8 Å². The molecule has 0 aliphatic heterocycles. The second-order valence-corrected chi connectivity index (χ2v) is 7.77. The molecule has 0 saturated heterocycles. The van der Waals surface area contributed by atoms with Crippen molar-refractivity contribution in [1.29, 1.82) is 0 Å². The minimum atomic E-state index is 0.0630. The maximum atomic E-state index is 4.55. The van der Waals surface area contributed by atoms with Crippen molar-refractivity contribution < 1.29 is 0 Å². The minimum Gasteiger partial charge on any atom is -0.381 e. The van der Waals surface area contributed by atoms with E-state index in [0.717, 1.165) is 28.5 Å². The van der Waals surface area contributed by atoms with E-state index in [9.17, 15) is 0 Å². The summed E-state index contributed by atoms with van der Waals surface area (Å²) in [4.78, 5) is 4.55. The summed E-state index contributed by atoms with van der Waals surface area (Å²) in [6.07, 6.45) is 1.90. The molecule has 0 radical (unpaired) electrons. The van der Waals surface area contributed by atoms with Crippen LogP contribution in [0.25, 0.3) is 11.3 Å². The Morgan fingerprint density at radius 3 is 2.78 bits per heavy atom. The summed E-state index contributed by atoms with van der Waals surface area (Å²) in [5.41, 5.74) is 5.71. The van der Waals surface area contributed by atoms with E-state index in [4.69, 9.17) is 0 Å². The molecule has 120 valence electrons. The number of aromatic amines is 1. The van der Waals surface area contributed by atoms with Crippen molar-refractivity contribution in [3.05, 3.63) is 52.1 Å². The average molecular weight is 326 g/mol. The number of anilines is 1.